The number of hydrogen-bond acceptors (Lipinski definition) is 8. The standard InChI is InChI=1S/C25H21N3O4S/c1-2-32-21-13-7-16(8-14-21)22(31)15-33-25-26-23(17-3-9-19(29)10-4-17)24(27-28-25)18-5-11-20(30)12-6-18/h3-14,29-30H,2,15H2,1H3. The lowest BCUT2D eigenvalue weighted by Crippen LogP contribution is -2.05. The van der Waals surface area contributed by atoms with E-state index in [1.807, 2.05) is 6.92 Å². The zero-order valence-corrected chi connectivity index (χ0v) is 18.6. The van der Waals surface area contributed by atoms with Crippen LogP contribution >= 0.6 is 11.8 Å². The first-order chi connectivity index (χ1) is 16.0. The minimum Gasteiger partial charge on any atom is -0.508 e. The number of Topliss-reactive ketones (excluding diaryl/α,β-unsaturated/α-hetero) is 1. The molecular weight excluding hydrogens is 438 g/mol. The second-order valence-corrected chi connectivity index (χ2v) is 8.00. The molecule has 0 aliphatic rings. The van der Waals surface area contributed by atoms with E-state index in [4.69, 9.17) is 4.74 Å². The summed E-state index contributed by atoms with van der Waals surface area (Å²) in [5, 5.41) is 28.2. The van der Waals surface area contributed by atoms with Gasteiger partial charge in [0.25, 0.3) is 0 Å². The van der Waals surface area contributed by atoms with Crippen molar-refractivity contribution in [2.45, 2.75) is 12.1 Å². The molecule has 4 aromatic rings. The van der Waals surface area contributed by atoms with Gasteiger partial charge in [0.1, 0.15) is 28.6 Å². The highest BCUT2D eigenvalue weighted by Gasteiger charge is 2.16. The lowest BCUT2D eigenvalue weighted by Gasteiger charge is -2.10. The van der Waals surface area contributed by atoms with Gasteiger partial charge in [0.15, 0.2) is 5.78 Å². The van der Waals surface area contributed by atoms with Crippen molar-refractivity contribution < 1.29 is 19.7 Å². The Kier molecular flexibility index (Phi) is 6.85. The summed E-state index contributed by atoms with van der Waals surface area (Å²) in [7, 11) is 0. The van der Waals surface area contributed by atoms with E-state index in [1.54, 1.807) is 72.8 Å². The third-order valence-electron chi connectivity index (χ3n) is 4.77. The highest BCUT2D eigenvalue weighted by Crippen LogP contribution is 2.31. The number of phenols is 2. The van der Waals surface area contributed by atoms with Crippen molar-refractivity contribution in [3.63, 3.8) is 0 Å². The summed E-state index contributed by atoms with van der Waals surface area (Å²) >= 11 is 1.20. The van der Waals surface area contributed by atoms with Crippen LogP contribution in [0.4, 0.5) is 0 Å². The van der Waals surface area contributed by atoms with Gasteiger partial charge in [0.2, 0.25) is 5.16 Å². The molecule has 0 spiro atoms. The number of aromatic hydroxyl groups is 2. The van der Waals surface area contributed by atoms with Crippen LogP contribution in [0, 0.1) is 0 Å². The van der Waals surface area contributed by atoms with Gasteiger partial charge in [-0.2, -0.15) is 0 Å². The van der Waals surface area contributed by atoms with E-state index in [9.17, 15) is 15.0 Å². The van der Waals surface area contributed by atoms with Crippen molar-refractivity contribution in [3.05, 3.63) is 78.4 Å². The maximum Gasteiger partial charge on any atom is 0.210 e. The maximum absolute atomic E-state index is 12.6. The number of nitrogens with zero attached hydrogens (tertiary/aromatic N) is 3. The predicted molar refractivity (Wildman–Crippen MR) is 127 cm³/mol. The highest BCUT2D eigenvalue weighted by atomic mass is 32.2. The summed E-state index contributed by atoms with van der Waals surface area (Å²) in [4.78, 5) is 17.3. The van der Waals surface area contributed by atoms with Gasteiger partial charge < -0.3 is 14.9 Å². The molecule has 0 unspecified atom stereocenters. The van der Waals surface area contributed by atoms with Crippen LogP contribution in [0.3, 0.4) is 0 Å². The first-order valence-electron chi connectivity index (χ1n) is 10.3. The molecule has 7 nitrogen and oxygen atoms in total. The van der Waals surface area contributed by atoms with E-state index in [1.165, 1.54) is 11.8 Å². The van der Waals surface area contributed by atoms with E-state index in [0.29, 0.717) is 28.7 Å². The lowest BCUT2D eigenvalue weighted by atomic mass is 10.0. The van der Waals surface area contributed by atoms with E-state index < -0.39 is 0 Å². The molecule has 2 N–H and O–H groups in total. The summed E-state index contributed by atoms with van der Waals surface area (Å²) in [6.45, 7) is 2.47. The lowest BCUT2D eigenvalue weighted by molar-refractivity contribution is 0.102. The average Bonchev–Trinajstić information content (AvgIpc) is 2.84. The zero-order chi connectivity index (χ0) is 23.2. The van der Waals surface area contributed by atoms with Gasteiger partial charge in [0, 0.05) is 16.7 Å². The van der Waals surface area contributed by atoms with Crippen LogP contribution in [0.2, 0.25) is 0 Å². The largest absolute Gasteiger partial charge is 0.508 e. The van der Waals surface area contributed by atoms with Gasteiger partial charge in [-0.25, -0.2) is 4.98 Å². The molecule has 8 heteroatoms. The molecule has 0 fully saturated rings. The Hall–Kier alpha value is -3.91. The topological polar surface area (TPSA) is 105 Å². The van der Waals surface area contributed by atoms with Crippen LogP contribution in [0.5, 0.6) is 17.2 Å². The van der Waals surface area contributed by atoms with Crippen LogP contribution in [-0.2, 0) is 0 Å². The van der Waals surface area contributed by atoms with Gasteiger partial charge in [-0.1, -0.05) is 11.8 Å². The molecule has 0 saturated heterocycles. The minimum atomic E-state index is -0.0551. The number of phenolic OH excluding ortho intramolecular Hbond substituents is 2. The summed E-state index contributed by atoms with van der Waals surface area (Å²) in [6.07, 6.45) is 0. The first-order valence-corrected chi connectivity index (χ1v) is 11.2. The average molecular weight is 460 g/mol. The molecule has 1 heterocycles. The highest BCUT2D eigenvalue weighted by molar-refractivity contribution is 7.99. The van der Waals surface area contributed by atoms with E-state index in [-0.39, 0.29) is 23.0 Å². The fourth-order valence-corrected chi connectivity index (χ4v) is 3.80. The Balaban J connectivity index is 1.58. The number of rotatable bonds is 8. The number of thioether (sulfide) groups is 1. The second-order valence-electron chi connectivity index (χ2n) is 7.05. The molecule has 0 radical (unpaired) electrons. The summed E-state index contributed by atoms with van der Waals surface area (Å²) in [6, 6.07) is 20.2. The predicted octanol–water partition coefficient (Wildman–Crippen LogP) is 4.99. The van der Waals surface area contributed by atoms with Gasteiger partial charge in [-0.15, -0.1) is 10.2 Å². The Bertz CT molecular complexity index is 1240. The number of benzene rings is 3. The molecule has 33 heavy (non-hydrogen) atoms. The summed E-state index contributed by atoms with van der Waals surface area (Å²) in [5.74, 6) is 1.11. The monoisotopic (exact) mass is 459 g/mol. The van der Waals surface area contributed by atoms with Crippen LogP contribution in [-0.4, -0.2) is 43.5 Å². The molecule has 0 aliphatic carbocycles. The smallest absolute Gasteiger partial charge is 0.210 e. The number of carbonyl (C=O) groups excluding carboxylic acids is 1. The van der Waals surface area contributed by atoms with E-state index in [0.717, 1.165) is 16.9 Å². The maximum atomic E-state index is 12.6. The molecule has 1 aromatic heterocycles. The fourth-order valence-electron chi connectivity index (χ4n) is 3.12. The number of ketones is 1. The number of hydrogen-bond donors (Lipinski definition) is 2. The number of aromatic nitrogens is 3. The third kappa shape index (κ3) is 5.48. The molecule has 166 valence electrons. The van der Waals surface area contributed by atoms with Crippen LogP contribution in [0.15, 0.2) is 78.0 Å². The molecule has 3 aromatic carbocycles. The molecule has 0 aliphatic heterocycles. The van der Waals surface area contributed by atoms with Gasteiger partial charge in [-0.3, -0.25) is 4.79 Å². The summed E-state index contributed by atoms with van der Waals surface area (Å²) in [5.41, 5.74) is 3.15. The van der Waals surface area contributed by atoms with Crippen LogP contribution in [0.1, 0.15) is 17.3 Å². The molecule has 0 bridgehead atoms. The van der Waals surface area contributed by atoms with Crippen LogP contribution < -0.4 is 4.74 Å². The van der Waals surface area contributed by atoms with Crippen molar-refractivity contribution in [2.75, 3.05) is 12.4 Å². The molecule has 0 saturated carbocycles. The zero-order valence-electron chi connectivity index (χ0n) is 17.8. The van der Waals surface area contributed by atoms with Gasteiger partial charge >= 0.3 is 0 Å². The van der Waals surface area contributed by atoms with Crippen molar-refractivity contribution in [1.29, 1.82) is 0 Å². The minimum absolute atomic E-state index is 0.0551. The molecule has 0 atom stereocenters. The molecule has 0 amide bonds. The van der Waals surface area contributed by atoms with E-state index in [2.05, 4.69) is 15.2 Å². The summed E-state index contributed by atoms with van der Waals surface area (Å²) < 4.78 is 5.41. The van der Waals surface area contributed by atoms with Gasteiger partial charge in [-0.05, 0) is 79.7 Å². The van der Waals surface area contributed by atoms with Crippen molar-refractivity contribution in [2.24, 2.45) is 0 Å². The van der Waals surface area contributed by atoms with Crippen molar-refractivity contribution in [1.82, 2.24) is 15.2 Å². The van der Waals surface area contributed by atoms with Crippen molar-refractivity contribution >= 4 is 17.5 Å². The second kappa shape index (κ2) is 10.1. The molecule has 4 rings (SSSR count). The van der Waals surface area contributed by atoms with Crippen molar-refractivity contribution in [3.8, 4) is 39.8 Å². The van der Waals surface area contributed by atoms with Crippen LogP contribution in [0.25, 0.3) is 22.5 Å². The molecular formula is C25H21N3O4S. The normalized spacial score (nSPS) is 10.7. The fraction of sp³-hybridized carbons (Fsp3) is 0.120. The number of ether oxygens (including phenoxy) is 1. The SMILES string of the molecule is CCOc1ccc(C(=O)CSc2nnc(-c3ccc(O)cc3)c(-c3ccc(O)cc3)n2)cc1. The Morgan fingerprint density at radius 1 is 0.818 bits per heavy atom. The Morgan fingerprint density at radius 3 is 1.97 bits per heavy atom. The van der Waals surface area contributed by atoms with E-state index >= 15 is 0 Å². The Labute approximate surface area is 195 Å². The Morgan fingerprint density at radius 2 is 1.39 bits per heavy atom. The quantitative estimate of drug-likeness (QED) is 0.280. The third-order valence-corrected chi connectivity index (χ3v) is 5.61. The first kappa shape index (κ1) is 22.3. The van der Waals surface area contributed by atoms with Gasteiger partial charge in [0.05, 0.1) is 12.4 Å². The number of carbonyl (C=O) groups is 1.